The Bertz CT molecular complexity index is 796. The molecule has 0 aliphatic rings. The number of thiazole rings is 1. The predicted molar refractivity (Wildman–Crippen MR) is 95.0 cm³/mol. The fraction of sp³-hybridized carbons (Fsp3) is 0.0588. The SMILES string of the molecule is NC(CCl)=Nc1cccc(-c2nc(-c3ccccc3)cs2)c1. The highest BCUT2D eigenvalue weighted by atomic mass is 35.5. The summed E-state index contributed by atoms with van der Waals surface area (Å²) >= 11 is 7.28. The van der Waals surface area contributed by atoms with Crippen LogP contribution in [0.25, 0.3) is 21.8 Å². The average molecular weight is 328 g/mol. The molecule has 0 unspecified atom stereocenters. The smallest absolute Gasteiger partial charge is 0.124 e. The van der Waals surface area contributed by atoms with E-state index in [0.29, 0.717) is 5.84 Å². The van der Waals surface area contributed by atoms with E-state index in [0.717, 1.165) is 27.5 Å². The third-order valence-electron chi connectivity index (χ3n) is 3.08. The summed E-state index contributed by atoms with van der Waals surface area (Å²) in [5.41, 5.74) is 9.58. The first-order valence-corrected chi connectivity index (χ1v) is 8.18. The van der Waals surface area contributed by atoms with E-state index in [9.17, 15) is 0 Å². The topological polar surface area (TPSA) is 51.3 Å². The highest BCUT2D eigenvalue weighted by molar-refractivity contribution is 7.13. The number of benzene rings is 2. The number of alkyl halides is 1. The van der Waals surface area contributed by atoms with Crippen molar-refractivity contribution in [1.29, 1.82) is 0 Å². The number of hydrogen-bond acceptors (Lipinski definition) is 3. The third kappa shape index (κ3) is 3.35. The molecule has 2 aromatic carbocycles. The van der Waals surface area contributed by atoms with Gasteiger partial charge in [-0.15, -0.1) is 22.9 Å². The van der Waals surface area contributed by atoms with Crippen LogP contribution in [0.5, 0.6) is 0 Å². The summed E-state index contributed by atoms with van der Waals surface area (Å²) in [5, 5.41) is 3.02. The number of aliphatic imine (C=N–C) groups is 1. The number of nitrogens with zero attached hydrogens (tertiary/aromatic N) is 2. The Morgan fingerprint density at radius 1 is 1.09 bits per heavy atom. The molecule has 0 saturated heterocycles. The highest BCUT2D eigenvalue weighted by Gasteiger charge is 2.07. The van der Waals surface area contributed by atoms with Gasteiger partial charge in [-0.25, -0.2) is 9.98 Å². The largest absolute Gasteiger partial charge is 0.386 e. The molecule has 5 heteroatoms. The quantitative estimate of drug-likeness (QED) is 0.429. The van der Waals surface area contributed by atoms with Crippen molar-refractivity contribution in [3.05, 3.63) is 60.0 Å². The number of amidine groups is 1. The Morgan fingerprint density at radius 2 is 1.86 bits per heavy atom. The van der Waals surface area contributed by atoms with Crippen LogP contribution in [0.4, 0.5) is 5.69 Å². The molecule has 0 spiro atoms. The van der Waals surface area contributed by atoms with Gasteiger partial charge in [0.2, 0.25) is 0 Å². The molecule has 2 N–H and O–H groups in total. The molecule has 3 nitrogen and oxygen atoms in total. The fourth-order valence-corrected chi connectivity index (χ4v) is 2.94. The molecule has 0 radical (unpaired) electrons. The summed E-state index contributed by atoms with van der Waals surface area (Å²) in [6.07, 6.45) is 0. The van der Waals surface area contributed by atoms with E-state index < -0.39 is 0 Å². The molecular weight excluding hydrogens is 314 g/mol. The molecular formula is C17H14ClN3S. The number of aromatic nitrogens is 1. The van der Waals surface area contributed by atoms with Gasteiger partial charge in [0.15, 0.2) is 0 Å². The van der Waals surface area contributed by atoms with Crippen LogP contribution in [0, 0.1) is 0 Å². The van der Waals surface area contributed by atoms with E-state index in [-0.39, 0.29) is 5.88 Å². The molecule has 0 amide bonds. The number of nitrogens with two attached hydrogens (primary N) is 1. The molecule has 0 atom stereocenters. The summed E-state index contributed by atoms with van der Waals surface area (Å²) in [5.74, 6) is 0.627. The van der Waals surface area contributed by atoms with Crippen molar-refractivity contribution >= 4 is 34.5 Å². The molecule has 0 bridgehead atoms. The first kappa shape index (κ1) is 14.8. The van der Waals surface area contributed by atoms with Gasteiger partial charge >= 0.3 is 0 Å². The van der Waals surface area contributed by atoms with E-state index in [1.54, 1.807) is 11.3 Å². The van der Waals surface area contributed by atoms with Crippen molar-refractivity contribution in [2.45, 2.75) is 0 Å². The zero-order chi connectivity index (χ0) is 15.4. The van der Waals surface area contributed by atoms with Gasteiger partial charge in [-0.2, -0.15) is 0 Å². The molecule has 22 heavy (non-hydrogen) atoms. The summed E-state index contributed by atoms with van der Waals surface area (Å²) < 4.78 is 0. The van der Waals surface area contributed by atoms with Gasteiger partial charge in [0.1, 0.15) is 10.8 Å². The Hall–Kier alpha value is -2.17. The van der Waals surface area contributed by atoms with Crippen LogP contribution >= 0.6 is 22.9 Å². The van der Waals surface area contributed by atoms with Crippen LogP contribution in [0.15, 0.2) is 65.0 Å². The van der Waals surface area contributed by atoms with Crippen molar-refractivity contribution in [2.24, 2.45) is 10.7 Å². The van der Waals surface area contributed by atoms with E-state index in [2.05, 4.69) is 22.5 Å². The first-order valence-electron chi connectivity index (χ1n) is 6.76. The fourth-order valence-electron chi connectivity index (χ4n) is 2.05. The van der Waals surface area contributed by atoms with E-state index >= 15 is 0 Å². The molecule has 1 heterocycles. The predicted octanol–water partition coefficient (Wildman–Crippen LogP) is 4.70. The van der Waals surface area contributed by atoms with Gasteiger partial charge in [0.25, 0.3) is 0 Å². The van der Waals surface area contributed by atoms with Crippen molar-refractivity contribution in [1.82, 2.24) is 4.98 Å². The first-order chi connectivity index (χ1) is 10.8. The zero-order valence-corrected chi connectivity index (χ0v) is 13.3. The maximum Gasteiger partial charge on any atom is 0.124 e. The highest BCUT2D eigenvalue weighted by Crippen LogP contribution is 2.30. The normalized spacial score (nSPS) is 11.6. The Morgan fingerprint density at radius 3 is 2.64 bits per heavy atom. The van der Waals surface area contributed by atoms with Crippen LogP contribution in [0.3, 0.4) is 0 Å². The summed E-state index contributed by atoms with van der Waals surface area (Å²) in [4.78, 5) is 8.97. The van der Waals surface area contributed by atoms with Gasteiger partial charge in [-0.1, -0.05) is 42.5 Å². The number of rotatable bonds is 4. The Balaban J connectivity index is 1.92. The minimum atomic E-state index is 0.222. The second kappa shape index (κ2) is 6.73. The monoisotopic (exact) mass is 327 g/mol. The Labute approximate surface area is 138 Å². The van der Waals surface area contributed by atoms with Gasteiger partial charge in [0, 0.05) is 16.5 Å². The molecule has 0 aliphatic carbocycles. The molecule has 0 fully saturated rings. The van der Waals surface area contributed by atoms with Crippen LogP contribution in [0.2, 0.25) is 0 Å². The van der Waals surface area contributed by atoms with Crippen molar-refractivity contribution in [3.63, 3.8) is 0 Å². The number of hydrogen-bond donors (Lipinski definition) is 1. The van der Waals surface area contributed by atoms with Crippen LogP contribution in [0.1, 0.15) is 0 Å². The van der Waals surface area contributed by atoms with Crippen molar-refractivity contribution in [2.75, 3.05) is 5.88 Å². The molecule has 0 aliphatic heterocycles. The lowest BCUT2D eigenvalue weighted by atomic mass is 10.2. The standard InChI is InChI=1S/C17H14ClN3S/c18-10-16(19)20-14-8-4-7-13(9-14)17-21-15(11-22-17)12-5-2-1-3-6-12/h1-9,11H,10H2,(H2,19,20). The molecule has 0 saturated carbocycles. The number of halogens is 1. The van der Waals surface area contributed by atoms with E-state index in [4.69, 9.17) is 22.3 Å². The summed E-state index contributed by atoms with van der Waals surface area (Å²) in [6, 6.07) is 18.0. The zero-order valence-electron chi connectivity index (χ0n) is 11.7. The summed E-state index contributed by atoms with van der Waals surface area (Å²) in [7, 11) is 0. The van der Waals surface area contributed by atoms with Crippen LogP contribution in [-0.4, -0.2) is 16.7 Å². The van der Waals surface area contributed by atoms with E-state index in [1.165, 1.54) is 0 Å². The third-order valence-corrected chi connectivity index (χ3v) is 4.24. The lowest BCUT2D eigenvalue weighted by Crippen LogP contribution is -2.12. The second-order valence-corrected chi connectivity index (χ2v) is 5.82. The maximum absolute atomic E-state index is 5.68. The minimum absolute atomic E-state index is 0.222. The van der Waals surface area contributed by atoms with Gasteiger partial charge in [0.05, 0.1) is 17.3 Å². The summed E-state index contributed by atoms with van der Waals surface area (Å²) in [6.45, 7) is 0. The van der Waals surface area contributed by atoms with Gasteiger partial charge < -0.3 is 5.73 Å². The average Bonchev–Trinajstić information content (AvgIpc) is 3.06. The van der Waals surface area contributed by atoms with Gasteiger partial charge in [-0.3, -0.25) is 0 Å². The molecule has 1 aromatic heterocycles. The molecule has 3 rings (SSSR count). The lowest BCUT2D eigenvalue weighted by Gasteiger charge is -2.00. The van der Waals surface area contributed by atoms with Gasteiger partial charge in [-0.05, 0) is 12.1 Å². The van der Waals surface area contributed by atoms with Crippen molar-refractivity contribution in [3.8, 4) is 21.8 Å². The molecule has 110 valence electrons. The Kier molecular flexibility index (Phi) is 4.51. The molecule has 3 aromatic rings. The van der Waals surface area contributed by atoms with Crippen molar-refractivity contribution < 1.29 is 0 Å². The van der Waals surface area contributed by atoms with Crippen LogP contribution < -0.4 is 5.73 Å². The lowest BCUT2D eigenvalue weighted by molar-refractivity contribution is 1.39. The van der Waals surface area contributed by atoms with E-state index in [1.807, 2.05) is 42.5 Å². The second-order valence-electron chi connectivity index (χ2n) is 4.69. The minimum Gasteiger partial charge on any atom is -0.386 e. The van der Waals surface area contributed by atoms with Crippen LogP contribution in [-0.2, 0) is 0 Å². The maximum atomic E-state index is 5.68.